The van der Waals surface area contributed by atoms with Gasteiger partial charge in [0.1, 0.15) is 0 Å². The van der Waals surface area contributed by atoms with E-state index in [2.05, 4.69) is 11.9 Å². The molecule has 1 aliphatic heterocycles. The summed E-state index contributed by atoms with van der Waals surface area (Å²) < 4.78 is 0. The lowest BCUT2D eigenvalue weighted by molar-refractivity contribution is -0.00758. The summed E-state index contributed by atoms with van der Waals surface area (Å²) in [6.07, 6.45) is 5.76. The summed E-state index contributed by atoms with van der Waals surface area (Å²) in [5.74, 6) is 0.560. The third kappa shape index (κ3) is 1.38. The fourth-order valence-electron chi connectivity index (χ4n) is 2.77. The van der Waals surface area contributed by atoms with Gasteiger partial charge in [-0.25, -0.2) is 0 Å². The summed E-state index contributed by atoms with van der Waals surface area (Å²) in [4.78, 5) is 2.33. The largest absolute Gasteiger partial charge is 0.390 e. The van der Waals surface area contributed by atoms with Crippen LogP contribution in [0.25, 0.3) is 0 Å². The minimum atomic E-state index is -0.287. The van der Waals surface area contributed by atoms with Gasteiger partial charge in [0, 0.05) is 12.5 Å². The molecule has 2 heteroatoms. The van der Waals surface area contributed by atoms with Crippen LogP contribution in [0.3, 0.4) is 0 Å². The molecule has 0 spiro atoms. The smallest absolute Gasteiger partial charge is 0.0688 e. The van der Waals surface area contributed by atoms with Gasteiger partial charge in [0.25, 0.3) is 0 Å². The SMILES string of the molecule is CN1CCC(C2(O)CCCC2)C1. The van der Waals surface area contributed by atoms with E-state index in [1.807, 2.05) is 0 Å². The van der Waals surface area contributed by atoms with Crippen molar-refractivity contribution in [1.82, 2.24) is 4.90 Å². The first-order valence-electron chi connectivity index (χ1n) is 5.12. The van der Waals surface area contributed by atoms with E-state index >= 15 is 0 Å². The molecular weight excluding hydrogens is 150 g/mol. The molecule has 12 heavy (non-hydrogen) atoms. The van der Waals surface area contributed by atoms with E-state index in [4.69, 9.17) is 0 Å². The van der Waals surface area contributed by atoms with E-state index in [0.29, 0.717) is 5.92 Å². The molecule has 0 bridgehead atoms. The number of hydrogen-bond acceptors (Lipinski definition) is 2. The summed E-state index contributed by atoms with van der Waals surface area (Å²) in [6, 6.07) is 0. The lowest BCUT2D eigenvalue weighted by Gasteiger charge is -2.29. The van der Waals surface area contributed by atoms with Crippen molar-refractivity contribution in [3.05, 3.63) is 0 Å². The van der Waals surface area contributed by atoms with Crippen molar-refractivity contribution in [2.75, 3.05) is 20.1 Å². The van der Waals surface area contributed by atoms with Gasteiger partial charge in [-0.1, -0.05) is 12.8 Å². The molecule has 2 rings (SSSR count). The monoisotopic (exact) mass is 169 g/mol. The maximum Gasteiger partial charge on any atom is 0.0688 e. The minimum absolute atomic E-state index is 0.287. The summed E-state index contributed by atoms with van der Waals surface area (Å²) >= 11 is 0. The van der Waals surface area contributed by atoms with Crippen LogP contribution in [0, 0.1) is 5.92 Å². The van der Waals surface area contributed by atoms with Gasteiger partial charge >= 0.3 is 0 Å². The first-order valence-corrected chi connectivity index (χ1v) is 5.12. The normalized spacial score (nSPS) is 36.0. The van der Waals surface area contributed by atoms with Crippen molar-refractivity contribution in [3.8, 4) is 0 Å². The van der Waals surface area contributed by atoms with E-state index < -0.39 is 0 Å². The third-order valence-electron chi connectivity index (χ3n) is 3.62. The summed E-state index contributed by atoms with van der Waals surface area (Å²) in [7, 11) is 2.15. The molecule has 1 saturated carbocycles. The standard InChI is InChI=1S/C10H19NO/c1-11-7-4-9(8-11)10(12)5-2-3-6-10/h9,12H,2-8H2,1H3. The molecule has 1 atom stereocenters. The quantitative estimate of drug-likeness (QED) is 0.638. The second-order valence-electron chi connectivity index (χ2n) is 4.56. The van der Waals surface area contributed by atoms with Crippen LogP contribution in [-0.2, 0) is 0 Å². The highest BCUT2D eigenvalue weighted by Crippen LogP contribution is 2.39. The van der Waals surface area contributed by atoms with Crippen LogP contribution in [0.1, 0.15) is 32.1 Å². The maximum atomic E-state index is 10.3. The van der Waals surface area contributed by atoms with Crippen LogP contribution < -0.4 is 0 Å². The van der Waals surface area contributed by atoms with Gasteiger partial charge in [0.15, 0.2) is 0 Å². The predicted molar refractivity (Wildman–Crippen MR) is 49.0 cm³/mol. The van der Waals surface area contributed by atoms with Gasteiger partial charge in [-0.2, -0.15) is 0 Å². The highest BCUT2D eigenvalue weighted by Gasteiger charge is 2.41. The fraction of sp³-hybridized carbons (Fsp3) is 1.00. The van der Waals surface area contributed by atoms with Gasteiger partial charge in [-0.3, -0.25) is 0 Å². The molecule has 1 heterocycles. The molecule has 2 fully saturated rings. The summed E-state index contributed by atoms with van der Waals surface area (Å²) in [5, 5.41) is 10.3. The van der Waals surface area contributed by atoms with Gasteiger partial charge in [0.05, 0.1) is 5.60 Å². The highest BCUT2D eigenvalue weighted by molar-refractivity contribution is 4.94. The van der Waals surface area contributed by atoms with Gasteiger partial charge in [-0.05, 0) is 32.9 Å². The topological polar surface area (TPSA) is 23.5 Å². The molecule has 1 saturated heterocycles. The molecule has 1 aliphatic carbocycles. The Morgan fingerprint density at radius 2 is 2.00 bits per heavy atom. The number of hydrogen-bond donors (Lipinski definition) is 1. The first kappa shape index (κ1) is 8.52. The molecular formula is C10H19NO. The lowest BCUT2D eigenvalue weighted by Crippen LogP contribution is -2.36. The Morgan fingerprint density at radius 1 is 1.33 bits per heavy atom. The fourth-order valence-corrected chi connectivity index (χ4v) is 2.77. The van der Waals surface area contributed by atoms with Crippen molar-refractivity contribution in [2.24, 2.45) is 5.92 Å². The third-order valence-corrected chi connectivity index (χ3v) is 3.62. The van der Waals surface area contributed by atoms with Crippen LogP contribution in [0.15, 0.2) is 0 Å². The predicted octanol–water partition coefficient (Wildman–Crippen LogP) is 1.24. The molecule has 0 aromatic heterocycles. The Kier molecular flexibility index (Phi) is 2.13. The van der Waals surface area contributed by atoms with Crippen molar-refractivity contribution >= 4 is 0 Å². The number of likely N-dealkylation sites (tertiary alicyclic amines) is 1. The maximum absolute atomic E-state index is 10.3. The van der Waals surface area contributed by atoms with E-state index in [1.54, 1.807) is 0 Å². The van der Waals surface area contributed by atoms with Crippen molar-refractivity contribution in [2.45, 2.75) is 37.7 Å². The van der Waals surface area contributed by atoms with Crippen LogP contribution in [0.4, 0.5) is 0 Å². The zero-order valence-electron chi connectivity index (χ0n) is 7.92. The van der Waals surface area contributed by atoms with Crippen molar-refractivity contribution in [1.29, 1.82) is 0 Å². The molecule has 0 radical (unpaired) electrons. The Hall–Kier alpha value is -0.0800. The average molecular weight is 169 g/mol. The summed E-state index contributed by atoms with van der Waals surface area (Å²) in [6.45, 7) is 2.28. The average Bonchev–Trinajstić information content (AvgIpc) is 2.59. The zero-order valence-corrected chi connectivity index (χ0v) is 7.92. The number of rotatable bonds is 1. The van der Waals surface area contributed by atoms with E-state index in [9.17, 15) is 5.11 Å². The molecule has 1 unspecified atom stereocenters. The zero-order chi connectivity index (χ0) is 8.60. The molecule has 2 aliphatic rings. The Balaban J connectivity index is 1.99. The van der Waals surface area contributed by atoms with Crippen LogP contribution in [0.2, 0.25) is 0 Å². The summed E-state index contributed by atoms with van der Waals surface area (Å²) in [5.41, 5.74) is -0.287. The molecule has 2 nitrogen and oxygen atoms in total. The van der Waals surface area contributed by atoms with Crippen molar-refractivity contribution < 1.29 is 5.11 Å². The van der Waals surface area contributed by atoms with E-state index in [1.165, 1.54) is 25.8 Å². The first-order chi connectivity index (χ1) is 5.71. The Labute approximate surface area is 74.6 Å². The van der Waals surface area contributed by atoms with Crippen LogP contribution in [-0.4, -0.2) is 35.7 Å². The Bertz CT molecular complexity index is 163. The van der Waals surface area contributed by atoms with Gasteiger partial charge in [-0.15, -0.1) is 0 Å². The lowest BCUT2D eigenvalue weighted by atomic mass is 9.85. The van der Waals surface area contributed by atoms with Crippen LogP contribution in [0.5, 0.6) is 0 Å². The molecule has 0 amide bonds. The molecule has 0 aromatic rings. The second-order valence-corrected chi connectivity index (χ2v) is 4.56. The molecule has 70 valence electrons. The van der Waals surface area contributed by atoms with E-state index in [-0.39, 0.29) is 5.60 Å². The van der Waals surface area contributed by atoms with E-state index in [0.717, 1.165) is 19.4 Å². The second kappa shape index (κ2) is 3.00. The van der Waals surface area contributed by atoms with Gasteiger partial charge < -0.3 is 10.0 Å². The van der Waals surface area contributed by atoms with Crippen molar-refractivity contribution in [3.63, 3.8) is 0 Å². The number of nitrogens with zero attached hydrogens (tertiary/aromatic N) is 1. The number of aliphatic hydroxyl groups is 1. The van der Waals surface area contributed by atoms with Gasteiger partial charge in [0.2, 0.25) is 0 Å². The minimum Gasteiger partial charge on any atom is -0.390 e. The molecule has 1 N–H and O–H groups in total. The molecule has 0 aromatic carbocycles. The van der Waals surface area contributed by atoms with Crippen LogP contribution >= 0.6 is 0 Å². The highest BCUT2D eigenvalue weighted by atomic mass is 16.3. The Morgan fingerprint density at radius 3 is 2.50 bits per heavy atom.